The zero-order chi connectivity index (χ0) is 18.2. The second-order valence-corrected chi connectivity index (χ2v) is 5.98. The molecule has 10 heteroatoms. The average Bonchev–Trinajstić information content (AvgIpc) is 3.16. The van der Waals surface area contributed by atoms with E-state index in [-0.39, 0.29) is 16.5 Å². The zero-order valence-electron chi connectivity index (χ0n) is 12.7. The van der Waals surface area contributed by atoms with Crippen molar-refractivity contribution in [1.82, 2.24) is 14.8 Å². The van der Waals surface area contributed by atoms with Gasteiger partial charge in [0.25, 0.3) is 0 Å². The number of nitrogens with zero attached hydrogens (tertiary/aromatic N) is 4. The second kappa shape index (κ2) is 6.28. The molecular formula is C15H10F4N4OS. The molecule has 2 heterocycles. The molecule has 3 aromatic rings. The van der Waals surface area contributed by atoms with Crippen LogP contribution in [0.2, 0.25) is 0 Å². The molecule has 0 N–H and O–H groups in total. The molecule has 25 heavy (non-hydrogen) atoms. The Labute approximate surface area is 143 Å². The van der Waals surface area contributed by atoms with Gasteiger partial charge in [-0.1, -0.05) is 23.5 Å². The number of benzene rings is 1. The number of hydrogen-bond donors (Lipinski definition) is 0. The van der Waals surface area contributed by atoms with Crippen LogP contribution in [-0.4, -0.2) is 21.2 Å². The molecule has 0 radical (unpaired) electrons. The molecular weight excluding hydrogens is 360 g/mol. The lowest BCUT2D eigenvalue weighted by molar-refractivity contribution is -0.141. The molecule has 0 aliphatic heterocycles. The van der Waals surface area contributed by atoms with Crippen molar-refractivity contribution in [2.45, 2.75) is 6.18 Å². The van der Waals surface area contributed by atoms with Crippen LogP contribution < -0.4 is 4.90 Å². The molecule has 0 aliphatic rings. The minimum Gasteiger partial charge on any atom is -0.278 e. The summed E-state index contributed by atoms with van der Waals surface area (Å²) in [4.78, 5) is 16.7. The van der Waals surface area contributed by atoms with Crippen molar-refractivity contribution in [3.63, 3.8) is 0 Å². The summed E-state index contributed by atoms with van der Waals surface area (Å²) >= 11 is 0.949. The number of rotatable bonds is 4. The first-order valence-electron chi connectivity index (χ1n) is 6.87. The van der Waals surface area contributed by atoms with Crippen LogP contribution in [0.3, 0.4) is 0 Å². The molecule has 0 aliphatic carbocycles. The fraction of sp³-hybridized carbons (Fsp3) is 0.133. The molecule has 0 bridgehead atoms. The number of carbonyl (C=O) groups is 1. The molecule has 0 fully saturated rings. The van der Waals surface area contributed by atoms with Gasteiger partial charge in [0.2, 0.25) is 6.41 Å². The van der Waals surface area contributed by atoms with Gasteiger partial charge in [0, 0.05) is 13.2 Å². The smallest absolute Gasteiger partial charge is 0.278 e. The standard InChI is InChI=1S/C15H10F4N4OS/c1-22-11(6-13(21-22)15(17,18)19)12-7-20-14(25-12)23(8-24)10-5-3-2-4-9(10)16/h2-8H,1H3. The maximum Gasteiger partial charge on any atom is 0.435 e. The van der Waals surface area contributed by atoms with Crippen molar-refractivity contribution >= 4 is 28.6 Å². The Kier molecular flexibility index (Phi) is 4.29. The summed E-state index contributed by atoms with van der Waals surface area (Å²) in [5.74, 6) is -0.619. The fourth-order valence-corrected chi connectivity index (χ4v) is 3.13. The molecule has 0 saturated carbocycles. The Morgan fingerprint density at radius 3 is 2.60 bits per heavy atom. The quantitative estimate of drug-likeness (QED) is 0.515. The Hall–Kier alpha value is -2.75. The molecule has 0 atom stereocenters. The van der Waals surface area contributed by atoms with Gasteiger partial charge in [-0.2, -0.15) is 18.3 Å². The van der Waals surface area contributed by atoms with Crippen molar-refractivity contribution in [1.29, 1.82) is 0 Å². The Balaban J connectivity index is 1.99. The van der Waals surface area contributed by atoms with Gasteiger partial charge >= 0.3 is 6.18 Å². The van der Waals surface area contributed by atoms with Crippen LogP contribution in [0.1, 0.15) is 5.69 Å². The summed E-state index contributed by atoms with van der Waals surface area (Å²) in [7, 11) is 1.37. The highest BCUT2D eigenvalue weighted by atomic mass is 32.1. The van der Waals surface area contributed by atoms with Gasteiger partial charge in [0.1, 0.15) is 5.82 Å². The second-order valence-electron chi connectivity index (χ2n) is 4.97. The van der Waals surface area contributed by atoms with Crippen LogP contribution >= 0.6 is 11.3 Å². The fourth-order valence-electron chi connectivity index (χ4n) is 2.18. The van der Waals surface area contributed by atoms with Crippen LogP contribution in [0, 0.1) is 5.82 Å². The van der Waals surface area contributed by atoms with E-state index in [1.54, 1.807) is 6.07 Å². The van der Waals surface area contributed by atoms with E-state index in [1.165, 1.54) is 31.4 Å². The molecule has 3 rings (SSSR count). The van der Waals surface area contributed by atoms with Crippen molar-refractivity contribution in [3.8, 4) is 10.6 Å². The van der Waals surface area contributed by atoms with Gasteiger partial charge in [0.15, 0.2) is 10.8 Å². The summed E-state index contributed by atoms with van der Waals surface area (Å²) in [5, 5.41) is 3.56. The number of amides is 1. The molecule has 130 valence electrons. The maximum absolute atomic E-state index is 13.9. The van der Waals surface area contributed by atoms with E-state index in [0.717, 1.165) is 27.0 Å². The average molecular weight is 370 g/mol. The molecule has 2 aromatic heterocycles. The van der Waals surface area contributed by atoms with Crippen LogP contribution in [0.5, 0.6) is 0 Å². The Morgan fingerprint density at radius 2 is 2.00 bits per heavy atom. The first-order chi connectivity index (χ1) is 11.8. The third kappa shape index (κ3) is 3.25. The maximum atomic E-state index is 13.9. The molecule has 1 amide bonds. The minimum atomic E-state index is -4.56. The molecule has 1 aromatic carbocycles. The van der Waals surface area contributed by atoms with E-state index in [0.29, 0.717) is 11.3 Å². The Bertz CT molecular complexity index is 918. The van der Waals surface area contributed by atoms with Gasteiger partial charge in [-0.3, -0.25) is 14.4 Å². The van der Waals surface area contributed by atoms with Crippen LogP contribution in [-0.2, 0) is 18.0 Å². The van der Waals surface area contributed by atoms with Crippen LogP contribution in [0.4, 0.5) is 28.4 Å². The number of aromatic nitrogens is 3. The largest absolute Gasteiger partial charge is 0.435 e. The van der Waals surface area contributed by atoms with Crippen molar-refractivity contribution < 1.29 is 22.4 Å². The van der Waals surface area contributed by atoms with E-state index in [9.17, 15) is 22.4 Å². The lowest BCUT2D eigenvalue weighted by Gasteiger charge is -2.14. The number of aryl methyl sites for hydroxylation is 1. The topological polar surface area (TPSA) is 51.0 Å². The molecule has 5 nitrogen and oxygen atoms in total. The van der Waals surface area contributed by atoms with E-state index < -0.39 is 17.7 Å². The number of alkyl halides is 3. The van der Waals surface area contributed by atoms with Crippen molar-refractivity contribution in [2.75, 3.05) is 4.90 Å². The highest BCUT2D eigenvalue weighted by molar-refractivity contribution is 7.19. The number of carbonyl (C=O) groups excluding carboxylic acids is 1. The Morgan fingerprint density at radius 1 is 1.28 bits per heavy atom. The van der Waals surface area contributed by atoms with E-state index >= 15 is 0 Å². The van der Waals surface area contributed by atoms with Crippen molar-refractivity contribution in [2.24, 2.45) is 7.05 Å². The zero-order valence-corrected chi connectivity index (χ0v) is 13.5. The van der Waals surface area contributed by atoms with E-state index in [2.05, 4.69) is 10.1 Å². The number of anilines is 2. The predicted molar refractivity (Wildman–Crippen MR) is 83.9 cm³/mol. The predicted octanol–water partition coefficient (Wildman–Crippen LogP) is 4.00. The lowest BCUT2D eigenvalue weighted by atomic mass is 10.3. The SMILES string of the molecule is Cn1nc(C(F)(F)F)cc1-c1cnc(N(C=O)c2ccccc2F)s1. The number of hydrogen-bond acceptors (Lipinski definition) is 4. The van der Waals surface area contributed by atoms with Gasteiger partial charge in [-0.25, -0.2) is 9.37 Å². The third-order valence-electron chi connectivity index (χ3n) is 3.34. The van der Waals surface area contributed by atoms with Gasteiger partial charge in [-0.05, 0) is 18.2 Å². The first kappa shape index (κ1) is 17.1. The normalized spacial score (nSPS) is 11.6. The molecule has 0 saturated heterocycles. The van der Waals surface area contributed by atoms with E-state index in [1.807, 2.05) is 0 Å². The third-order valence-corrected chi connectivity index (χ3v) is 4.36. The lowest BCUT2D eigenvalue weighted by Crippen LogP contribution is -2.15. The first-order valence-corrected chi connectivity index (χ1v) is 7.69. The number of thiazole rings is 1. The highest BCUT2D eigenvalue weighted by Crippen LogP contribution is 2.37. The summed E-state index contributed by atoms with van der Waals surface area (Å²) in [6.45, 7) is 0. The summed E-state index contributed by atoms with van der Waals surface area (Å²) < 4.78 is 53.3. The van der Waals surface area contributed by atoms with E-state index in [4.69, 9.17) is 0 Å². The van der Waals surface area contributed by atoms with Crippen molar-refractivity contribution in [3.05, 3.63) is 48.0 Å². The number of para-hydroxylation sites is 1. The molecule has 0 spiro atoms. The van der Waals surface area contributed by atoms with Crippen LogP contribution in [0.15, 0.2) is 36.5 Å². The number of halogens is 4. The summed E-state index contributed by atoms with van der Waals surface area (Å²) in [6.07, 6.45) is -2.86. The summed E-state index contributed by atoms with van der Waals surface area (Å²) in [6, 6.07) is 6.52. The monoisotopic (exact) mass is 370 g/mol. The summed E-state index contributed by atoms with van der Waals surface area (Å²) in [5.41, 5.74) is -0.837. The van der Waals surface area contributed by atoms with Crippen LogP contribution in [0.25, 0.3) is 10.6 Å². The highest BCUT2D eigenvalue weighted by Gasteiger charge is 2.35. The minimum absolute atomic E-state index is 0.000568. The molecule has 0 unspecified atom stereocenters. The van der Waals surface area contributed by atoms with Gasteiger partial charge < -0.3 is 0 Å². The van der Waals surface area contributed by atoms with Gasteiger partial charge in [-0.15, -0.1) is 0 Å². The van der Waals surface area contributed by atoms with Gasteiger partial charge in [0.05, 0.1) is 16.3 Å².